The lowest BCUT2D eigenvalue weighted by molar-refractivity contribution is -0.153. The van der Waals surface area contributed by atoms with Gasteiger partial charge in [-0.05, 0) is 73.5 Å². The fourth-order valence-electron chi connectivity index (χ4n) is 5.55. The first-order valence-electron chi connectivity index (χ1n) is 10.8. The number of hydrogen-bond donors (Lipinski definition) is 1. The van der Waals surface area contributed by atoms with Crippen LogP contribution in [0.25, 0.3) is 0 Å². The zero-order valence-corrected chi connectivity index (χ0v) is 16.4. The molecule has 1 aromatic carbocycles. The number of hydrogen-bond acceptors (Lipinski definition) is 4. The van der Waals surface area contributed by atoms with Gasteiger partial charge in [-0.1, -0.05) is 38.3 Å². The molecule has 27 heavy (non-hydrogen) atoms. The van der Waals surface area contributed by atoms with E-state index in [2.05, 4.69) is 13.0 Å². The van der Waals surface area contributed by atoms with Gasteiger partial charge in [0.2, 0.25) is 0 Å². The highest BCUT2D eigenvalue weighted by Crippen LogP contribution is 2.49. The number of benzene rings is 1. The lowest BCUT2D eigenvalue weighted by Crippen LogP contribution is -2.29. The molecule has 0 saturated heterocycles. The fraction of sp³-hybridized carbons (Fsp3) is 0.696. The molecule has 0 amide bonds. The Morgan fingerprint density at radius 1 is 1.22 bits per heavy atom. The van der Waals surface area contributed by atoms with Crippen LogP contribution in [0.4, 0.5) is 0 Å². The van der Waals surface area contributed by atoms with Crippen LogP contribution >= 0.6 is 0 Å². The Morgan fingerprint density at radius 3 is 2.96 bits per heavy atom. The first-order chi connectivity index (χ1) is 13.2. The number of aliphatic hydroxyl groups is 1. The summed E-state index contributed by atoms with van der Waals surface area (Å²) in [5.41, 5.74) is 2.67. The van der Waals surface area contributed by atoms with Crippen LogP contribution in [-0.4, -0.2) is 29.9 Å². The summed E-state index contributed by atoms with van der Waals surface area (Å²) >= 11 is 0. The molecule has 148 valence electrons. The van der Waals surface area contributed by atoms with Gasteiger partial charge in [-0.15, -0.1) is 0 Å². The van der Waals surface area contributed by atoms with Crippen LogP contribution in [0.15, 0.2) is 18.2 Å². The normalized spacial score (nSPS) is 29.9. The second kappa shape index (κ2) is 8.22. The van der Waals surface area contributed by atoms with Crippen LogP contribution in [0, 0.1) is 17.8 Å². The van der Waals surface area contributed by atoms with Crippen LogP contribution < -0.4 is 4.74 Å². The van der Waals surface area contributed by atoms with E-state index in [4.69, 9.17) is 9.47 Å². The minimum atomic E-state index is -0.256. The molecule has 3 aliphatic rings. The predicted octanol–water partition coefficient (Wildman–Crippen LogP) is 4.06. The van der Waals surface area contributed by atoms with Crippen molar-refractivity contribution in [3.05, 3.63) is 29.3 Å². The van der Waals surface area contributed by atoms with Gasteiger partial charge >= 0.3 is 5.97 Å². The molecule has 2 aliphatic carbocycles. The number of fused-ring (bicyclic) bond motifs is 1. The quantitative estimate of drug-likeness (QED) is 0.579. The summed E-state index contributed by atoms with van der Waals surface area (Å²) < 4.78 is 11.6. The van der Waals surface area contributed by atoms with Crippen LogP contribution in [0.2, 0.25) is 0 Å². The third-order valence-electron chi connectivity index (χ3n) is 6.92. The second-order valence-electron chi connectivity index (χ2n) is 8.67. The Balaban J connectivity index is 1.50. The Labute approximate surface area is 162 Å². The van der Waals surface area contributed by atoms with E-state index in [1.54, 1.807) is 0 Å². The average molecular weight is 373 g/mol. The van der Waals surface area contributed by atoms with Gasteiger partial charge in [0.05, 0.1) is 6.10 Å². The number of ether oxygens (including phenoxy) is 2. The van der Waals surface area contributed by atoms with Gasteiger partial charge in [-0.25, -0.2) is 4.79 Å². The van der Waals surface area contributed by atoms with Gasteiger partial charge in [0.25, 0.3) is 0 Å². The summed E-state index contributed by atoms with van der Waals surface area (Å²) in [7, 11) is 0. The van der Waals surface area contributed by atoms with Gasteiger partial charge in [0, 0.05) is 0 Å². The molecule has 5 atom stereocenters. The van der Waals surface area contributed by atoms with Crippen LogP contribution in [0.1, 0.15) is 63.0 Å². The number of unbranched alkanes of at least 4 members (excludes halogenated alkanes) is 2. The molecule has 1 aromatic rings. The molecule has 0 spiro atoms. The van der Waals surface area contributed by atoms with Crippen molar-refractivity contribution in [1.82, 2.24) is 0 Å². The number of esters is 1. The Kier molecular flexibility index (Phi) is 5.72. The number of carbonyl (C=O) groups is 1. The van der Waals surface area contributed by atoms with Crippen molar-refractivity contribution >= 4 is 5.97 Å². The first kappa shape index (κ1) is 18.8. The molecular weight excluding hydrogens is 340 g/mol. The highest BCUT2D eigenvalue weighted by atomic mass is 16.6. The summed E-state index contributed by atoms with van der Waals surface area (Å²) in [6.07, 6.45) is 8.90. The van der Waals surface area contributed by atoms with Crippen LogP contribution in [0.3, 0.4) is 0 Å². The standard InChI is InChI=1S/C23H32O4/c1-2-3-4-7-17(24)9-10-18-19-11-15-6-5-8-21-20(15)12-16(19)13-22(18)27-23(25)14-26-21/h5-6,8,16-19,22,24H,2-4,7,9-14H2,1H3/t16-,17-,18+,19-,22+/m0/s1. The molecule has 1 heterocycles. The summed E-state index contributed by atoms with van der Waals surface area (Å²) in [5, 5.41) is 10.4. The van der Waals surface area contributed by atoms with E-state index in [0.29, 0.717) is 17.8 Å². The van der Waals surface area contributed by atoms with E-state index in [9.17, 15) is 9.90 Å². The van der Waals surface area contributed by atoms with Gasteiger partial charge in [0.1, 0.15) is 11.9 Å². The molecule has 1 fully saturated rings. The molecule has 0 unspecified atom stereocenters. The van der Waals surface area contributed by atoms with Gasteiger partial charge < -0.3 is 14.6 Å². The SMILES string of the molecule is CCCCC[C@H](O)CC[C@@H]1[C@H]2Cc3cccc4c3C[C@H]2C[C@H]1OC(=O)CO4. The highest BCUT2D eigenvalue weighted by molar-refractivity contribution is 5.71. The Hall–Kier alpha value is -1.55. The minimum Gasteiger partial charge on any atom is -0.482 e. The van der Waals surface area contributed by atoms with E-state index in [1.165, 1.54) is 24.0 Å². The largest absolute Gasteiger partial charge is 0.482 e. The smallest absolute Gasteiger partial charge is 0.344 e. The van der Waals surface area contributed by atoms with Gasteiger partial charge in [-0.3, -0.25) is 0 Å². The molecule has 4 nitrogen and oxygen atoms in total. The molecule has 1 N–H and O–H groups in total. The molecule has 0 aromatic heterocycles. The number of rotatable bonds is 7. The van der Waals surface area contributed by atoms with Crippen LogP contribution in [-0.2, 0) is 22.4 Å². The summed E-state index contributed by atoms with van der Waals surface area (Å²) in [4.78, 5) is 12.3. The summed E-state index contributed by atoms with van der Waals surface area (Å²) in [5.74, 6) is 2.06. The predicted molar refractivity (Wildman–Crippen MR) is 104 cm³/mol. The summed E-state index contributed by atoms with van der Waals surface area (Å²) in [6, 6.07) is 6.23. The molecule has 1 saturated carbocycles. The maximum Gasteiger partial charge on any atom is 0.344 e. The van der Waals surface area contributed by atoms with Crippen LogP contribution in [0.5, 0.6) is 5.75 Å². The number of aliphatic hydroxyl groups excluding tert-OH is 1. The lowest BCUT2D eigenvalue weighted by atomic mass is 9.73. The minimum absolute atomic E-state index is 0.00531. The third kappa shape index (κ3) is 4.01. The number of carbonyl (C=O) groups excluding carboxylic acids is 1. The zero-order valence-electron chi connectivity index (χ0n) is 16.4. The van der Waals surface area contributed by atoms with E-state index >= 15 is 0 Å². The monoisotopic (exact) mass is 372 g/mol. The van der Waals surface area contributed by atoms with E-state index in [0.717, 1.165) is 50.7 Å². The molecule has 1 aliphatic heterocycles. The Bertz CT molecular complexity index is 670. The molecule has 4 heteroatoms. The zero-order chi connectivity index (χ0) is 18.8. The van der Waals surface area contributed by atoms with Crippen molar-refractivity contribution in [1.29, 1.82) is 0 Å². The Morgan fingerprint density at radius 2 is 2.11 bits per heavy atom. The molecule has 3 bridgehead atoms. The highest BCUT2D eigenvalue weighted by Gasteiger charge is 2.47. The molecule has 4 rings (SSSR count). The van der Waals surface area contributed by atoms with Gasteiger partial charge in [0.15, 0.2) is 6.61 Å². The van der Waals surface area contributed by atoms with Crippen molar-refractivity contribution in [3.8, 4) is 5.75 Å². The van der Waals surface area contributed by atoms with Crippen molar-refractivity contribution in [2.45, 2.75) is 76.9 Å². The van der Waals surface area contributed by atoms with Crippen molar-refractivity contribution in [2.75, 3.05) is 6.61 Å². The summed E-state index contributed by atoms with van der Waals surface area (Å²) in [6.45, 7) is 2.18. The van der Waals surface area contributed by atoms with Gasteiger partial charge in [-0.2, -0.15) is 0 Å². The second-order valence-corrected chi connectivity index (χ2v) is 8.67. The van der Waals surface area contributed by atoms with E-state index < -0.39 is 0 Å². The lowest BCUT2D eigenvalue weighted by Gasteiger charge is -2.32. The van der Waals surface area contributed by atoms with Crippen molar-refractivity contribution < 1.29 is 19.4 Å². The third-order valence-corrected chi connectivity index (χ3v) is 6.92. The first-order valence-corrected chi connectivity index (χ1v) is 10.8. The van der Waals surface area contributed by atoms with E-state index in [-0.39, 0.29) is 24.8 Å². The van der Waals surface area contributed by atoms with E-state index in [1.807, 2.05) is 12.1 Å². The molecular formula is C23H32O4. The average Bonchev–Trinajstić information content (AvgIpc) is 2.98. The molecule has 0 radical (unpaired) electrons. The maximum absolute atomic E-state index is 12.3. The van der Waals surface area contributed by atoms with Crippen molar-refractivity contribution in [2.24, 2.45) is 17.8 Å². The fourth-order valence-corrected chi connectivity index (χ4v) is 5.55. The van der Waals surface area contributed by atoms with Crippen molar-refractivity contribution in [3.63, 3.8) is 0 Å². The topological polar surface area (TPSA) is 55.8 Å². The maximum atomic E-state index is 12.3.